The first-order valence-corrected chi connectivity index (χ1v) is 5.30. The molecule has 0 N–H and O–H groups in total. The van der Waals surface area contributed by atoms with Crippen molar-refractivity contribution in [3.8, 4) is 0 Å². The van der Waals surface area contributed by atoms with Gasteiger partial charge in [0.15, 0.2) is 5.78 Å². The van der Waals surface area contributed by atoms with Crippen LogP contribution in [0.15, 0.2) is 0 Å². The van der Waals surface area contributed by atoms with E-state index in [-0.39, 0.29) is 14.3 Å². The van der Waals surface area contributed by atoms with Crippen molar-refractivity contribution >= 4 is 53.6 Å². The van der Waals surface area contributed by atoms with Crippen LogP contribution in [0.1, 0.15) is 13.3 Å². The highest BCUT2D eigenvalue weighted by Crippen LogP contribution is 2.17. The van der Waals surface area contributed by atoms with Crippen molar-refractivity contribution in [2.75, 3.05) is 0 Å². The zero-order valence-corrected chi connectivity index (χ0v) is 9.66. The molecule has 0 aromatic heterocycles. The lowest BCUT2D eigenvalue weighted by molar-refractivity contribution is -0.116. The van der Waals surface area contributed by atoms with Crippen LogP contribution < -0.4 is 0 Å². The van der Waals surface area contributed by atoms with Crippen LogP contribution in [0, 0.1) is 0 Å². The molecule has 0 aliphatic carbocycles. The van der Waals surface area contributed by atoms with Gasteiger partial charge in [-0.15, -0.1) is 0 Å². The Morgan fingerprint density at radius 3 is 2.00 bits per heavy atom. The summed E-state index contributed by atoms with van der Waals surface area (Å²) >= 11 is 9.47. The third kappa shape index (κ3) is 3.73. The maximum absolute atomic E-state index is 10.9. The number of Topliss-reactive ketones (excluding diaryl/α,β-unsaturated/α-hetero) is 1. The summed E-state index contributed by atoms with van der Waals surface area (Å²) in [5.74, 6) is 0.137. The molecule has 0 spiro atoms. The molecule has 54 valence electrons. The number of hydrogen-bond acceptors (Lipinski definition) is 1. The predicted molar refractivity (Wildman–Crippen MR) is 49.7 cm³/mol. The maximum Gasteiger partial charge on any atom is 0.170 e. The van der Waals surface area contributed by atoms with Crippen molar-refractivity contribution in [1.29, 1.82) is 0 Å². The summed E-state index contributed by atoms with van der Waals surface area (Å²) in [4.78, 5) is 10.9. The van der Waals surface area contributed by atoms with Crippen LogP contribution >= 0.6 is 47.8 Å². The Morgan fingerprint density at radius 1 is 1.44 bits per heavy atom. The van der Waals surface area contributed by atoms with Crippen LogP contribution in [0.2, 0.25) is 0 Å². The van der Waals surface area contributed by atoms with E-state index >= 15 is 0 Å². The van der Waals surface area contributed by atoms with Gasteiger partial charge in [-0.25, -0.2) is 0 Å². The molecule has 0 aliphatic rings. The number of carbonyl (C=O) groups is 1. The minimum absolute atomic E-state index is 0.0266. The lowest BCUT2D eigenvalue weighted by Gasteiger charge is -2.04. The molecular formula is C5H7Br3O. The lowest BCUT2D eigenvalue weighted by atomic mass is 10.2. The van der Waals surface area contributed by atoms with Crippen molar-refractivity contribution in [3.63, 3.8) is 0 Å². The van der Waals surface area contributed by atoms with E-state index in [9.17, 15) is 4.79 Å². The van der Waals surface area contributed by atoms with Gasteiger partial charge in [0, 0.05) is 0 Å². The van der Waals surface area contributed by atoms with Crippen LogP contribution in [0.5, 0.6) is 0 Å². The molecule has 0 heterocycles. The highest BCUT2D eigenvalue weighted by molar-refractivity contribution is 9.25. The van der Waals surface area contributed by atoms with Gasteiger partial charge in [-0.05, 0) is 6.42 Å². The van der Waals surface area contributed by atoms with Gasteiger partial charge in [0.1, 0.15) is 3.74 Å². The van der Waals surface area contributed by atoms with E-state index in [4.69, 9.17) is 0 Å². The molecule has 0 amide bonds. The zero-order valence-electron chi connectivity index (χ0n) is 4.90. The topological polar surface area (TPSA) is 17.1 Å². The van der Waals surface area contributed by atoms with E-state index in [2.05, 4.69) is 47.8 Å². The summed E-state index contributed by atoms with van der Waals surface area (Å²) < 4.78 is -0.214. The van der Waals surface area contributed by atoms with Crippen molar-refractivity contribution in [2.24, 2.45) is 0 Å². The minimum Gasteiger partial charge on any atom is -0.296 e. The lowest BCUT2D eigenvalue weighted by Crippen LogP contribution is -2.18. The summed E-state index contributed by atoms with van der Waals surface area (Å²) in [6, 6.07) is 0. The molecule has 0 rings (SSSR count). The van der Waals surface area contributed by atoms with Gasteiger partial charge in [-0.3, -0.25) is 4.79 Å². The summed E-state index contributed by atoms with van der Waals surface area (Å²) in [5, 5.41) is 0. The number of rotatable bonds is 3. The molecule has 9 heavy (non-hydrogen) atoms. The monoisotopic (exact) mass is 320 g/mol. The van der Waals surface area contributed by atoms with Crippen molar-refractivity contribution in [1.82, 2.24) is 0 Å². The van der Waals surface area contributed by atoms with Gasteiger partial charge in [0.2, 0.25) is 0 Å². The second-order valence-corrected chi connectivity index (χ2v) is 5.74. The molecular weight excluding hydrogens is 316 g/mol. The van der Waals surface area contributed by atoms with Crippen molar-refractivity contribution < 1.29 is 4.79 Å². The summed E-state index contributed by atoms with van der Waals surface area (Å²) in [7, 11) is 0. The zero-order chi connectivity index (χ0) is 7.44. The standard InChI is InChI=1S/C5H7Br3O/c1-2-3(6)4(9)5(7)8/h3,5H,2H2,1H3. The third-order valence-corrected chi connectivity index (χ3v) is 2.88. The maximum atomic E-state index is 10.9. The number of ketones is 1. The Hall–Kier alpha value is 1.11. The smallest absolute Gasteiger partial charge is 0.170 e. The molecule has 0 saturated heterocycles. The molecule has 0 bridgehead atoms. The van der Waals surface area contributed by atoms with Crippen LogP contribution in [0.3, 0.4) is 0 Å². The number of halogens is 3. The molecule has 1 nitrogen and oxygen atoms in total. The highest BCUT2D eigenvalue weighted by Gasteiger charge is 2.17. The van der Waals surface area contributed by atoms with E-state index in [1.807, 2.05) is 6.92 Å². The Balaban J connectivity index is 3.73. The first-order valence-electron chi connectivity index (χ1n) is 2.55. The fourth-order valence-corrected chi connectivity index (χ4v) is 1.95. The summed E-state index contributed by atoms with van der Waals surface area (Å²) in [6.07, 6.45) is 0.826. The second-order valence-electron chi connectivity index (χ2n) is 1.58. The highest BCUT2D eigenvalue weighted by atomic mass is 79.9. The number of carbonyl (C=O) groups excluding carboxylic acids is 1. The first kappa shape index (κ1) is 10.1. The normalized spacial score (nSPS) is 13.9. The van der Waals surface area contributed by atoms with Gasteiger partial charge >= 0.3 is 0 Å². The summed E-state index contributed by atoms with van der Waals surface area (Å²) in [6.45, 7) is 1.96. The molecule has 0 saturated carbocycles. The Labute approximate surface area is 80.0 Å². The largest absolute Gasteiger partial charge is 0.296 e. The van der Waals surface area contributed by atoms with Crippen LogP contribution in [0.4, 0.5) is 0 Å². The first-order chi connectivity index (χ1) is 4.09. The molecule has 1 atom stereocenters. The average Bonchev–Trinajstić information content (AvgIpc) is 1.84. The fourth-order valence-electron chi connectivity index (χ4n) is 0.338. The fraction of sp³-hybridized carbons (Fsp3) is 0.800. The number of alkyl halides is 3. The van der Waals surface area contributed by atoms with Crippen LogP contribution in [-0.2, 0) is 4.79 Å². The van der Waals surface area contributed by atoms with Crippen LogP contribution in [0.25, 0.3) is 0 Å². The van der Waals surface area contributed by atoms with Crippen molar-refractivity contribution in [2.45, 2.75) is 21.9 Å². The van der Waals surface area contributed by atoms with E-state index in [0.29, 0.717) is 0 Å². The van der Waals surface area contributed by atoms with Crippen molar-refractivity contribution in [3.05, 3.63) is 0 Å². The Bertz CT molecular complexity index is 102. The number of hydrogen-bond donors (Lipinski definition) is 0. The van der Waals surface area contributed by atoms with Gasteiger partial charge in [0.25, 0.3) is 0 Å². The Kier molecular flexibility index (Phi) is 5.45. The average molecular weight is 323 g/mol. The molecule has 4 heteroatoms. The molecule has 0 fully saturated rings. The minimum atomic E-state index is -0.214. The molecule has 1 unspecified atom stereocenters. The van der Waals surface area contributed by atoms with Gasteiger partial charge < -0.3 is 0 Å². The van der Waals surface area contributed by atoms with Gasteiger partial charge in [-0.2, -0.15) is 0 Å². The quantitative estimate of drug-likeness (QED) is 0.730. The van der Waals surface area contributed by atoms with Crippen LogP contribution in [-0.4, -0.2) is 14.3 Å². The third-order valence-electron chi connectivity index (χ3n) is 0.882. The molecule has 0 aromatic rings. The second kappa shape index (κ2) is 4.85. The van der Waals surface area contributed by atoms with Gasteiger partial charge in [-0.1, -0.05) is 54.7 Å². The molecule has 0 aromatic carbocycles. The van der Waals surface area contributed by atoms with E-state index < -0.39 is 0 Å². The van der Waals surface area contributed by atoms with E-state index in [0.717, 1.165) is 6.42 Å². The molecule has 0 radical (unpaired) electrons. The SMILES string of the molecule is CCC(Br)C(=O)C(Br)Br. The molecule has 0 aliphatic heterocycles. The summed E-state index contributed by atoms with van der Waals surface area (Å²) in [5.41, 5.74) is 0. The van der Waals surface area contributed by atoms with Gasteiger partial charge in [0.05, 0.1) is 4.83 Å². The van der Waals surface area contributed by atoms with E-state index in [1.165, 1.54) is 0 Å². The Morgan fingerprint density at radius 2 is 1.89 bits per heavy atom. The predicted octanol–water partition coefficient (Wildman–Crippen LogP) is 2.84. The van der Waals surface area contributed by atoms with E-state index in [1.54, 1.807) is 0 Å².